The number of carbonyl (C=O) groups is 1. The van der Waals surface area contributed by atoms with Crippen LogP contribution in [0.25, 0.3) is 0 Å². The van der Waals surface area contributed by atoms with Crippen molar-refractivity contribution in [3.8, 4) is 0 Å². The molecule has 3 unspecified atom stereocenters. The Morgan fingerprint density at radius 3 is 2.52 bits per heavy atom. The molecule has 0 spiro atoms. The van der Waals surface area contributed by atoms with E-state index in [0.29, 0.717) is 44.2 Å². The van der Waals surface area contributed by atoms with Crippen molar-refractivity contribution < 1.29 is 14.6 Å². The van der Waals surface area contributed by atoms with Crippen molar-refractivity contribution in [1.82, 2.24) is 9.80 Å². The van der Waals surface area contributed by atoms with E-state index in [9.17, 15) is 9.90 Å². The third-order valence-corrected chi connectivity index (χ3v) is 7.90. The number of aryl methyl sites for hydroxylation is 1. The summed E-state index contributed by atoms with van der Waals surface area (Å²) in [7, 11) is 0. The Balaban J connectivity index is 1.16. The van der Waals surface area contributed by atoms with Gasteiger partial charge in [-0.25, -0.2) is 0 Å². The minimum atomic E-state index is -0.491. The van der Waals surface area contributed by atoms with Crippen LogP contribution < -0.4 is 0 Å². The van der Waals surface area contributed by atoms with Crippen LogP contribution in [-0.2, 0) is 11.2 Å². The van der Waals surface area contributed by atoms with Crippen molar-refractivity contribution in [3.05, 3.63) is 47.0 Å². The summed E-state index contributed by atoms with van der Waals surface area (Å²) in [6.07, 6.45) is 5.33. The Bertz CT molecular complexity index is 793. The lowest BCUT2D eigenvalue weighted by Gasteiger charge is -2.56. The van der Waals surface area contributed by atoms with Gasteiger partial charge in [0.05, 0.1) is 19.3 Å². The number of fused-ring (bicyclic) bond motifs is 1. The van der Waals surface area contributed by atoms with Crippen LogP contribution in [0.15, 0.2) is 35.9 Å². The van der Waals surface area contributed by atoms with Gasteiger partial charge in [0.1, 0.15) is 0 Å². The van der Waals surface area contributed by atoms with E-state index in [-0.39, 0.29) is 5.91 Å². The van der Waals surface area contributed by atoms with Crippen LogP contribution in [0.5, 0.6) is 0 Å². The van der Waals surface area contributed by atoms with Gasteiger partial charge < -0.3 is 14.7 Å². The standard InChI is InChI=1S/C26H38N2O3/c1-4-19-5-7-20(8-6-19)25(30)28-13-11-27(12-14-28)16-23(29)18-31-17-21-9-10-22-15-24(21)26(22,2)3/h5-9,22-24,29H,4,10-18H2,1-3H3. The summed E-state index contributed by atoms with van der Waals surface area (Å²) in [6.45, 7) is 11.5. The van der Waals surface area contributed by atoms with Crippen LogP contribution in [0.3, 0.4) is 0 Å². The maximum Gasteiger partial charge on any atom is 0.253 e. The Morgan fingerprint density at radius 1 is 1.19 bits per heavy atom. The molecule has 1 amide bonds. The number of aliphatic hydroxyl groups is 1. The van der Waals surface area contributed by atoms with E-state index < -0.39 is 6.10 Å². The summed E-state index contributed by atoms with van der Waals surface area (Å²) in [5.74, 6) is 1.60. The molecule has 1 N–H and O–H groups in total. The van der Waals surface area contributed by atoms with Crippen LogP contribution in [0.4, 0.5) is 0 Å². The second-order valence-corrected chi connectivity index (χ2v) is 10.1. The molecule has 3 aliphatic carbocycles. The Labute approximate surface area is 187 Å². The summed E-state index contributed by atoms with van der Waals surface area (Å²) < 4.78 is 5.89. The van der Waals surface area contributed by atoms with E-state index in [1.807, 2.05) is 29.2 Å². The van der Waals surface area contributed by atoms with Crippen molar-refractivity contribution in [3.63, 3.8) is 0 Å². The average molecular weight is 427 g/mol. The molecule has 1 aromatic carbocycles. The van der Waals surface area contributed by atoms with Crippen LogP contribution in [-0.4, -0.2) is 72.9 Å². The van der Waals surface area contributed by atoms with E-state index in [0.717, 1.165) is 31.0 Å². The van der Waals surface area contributed by atoms with Crippen molar-refractivity contribution in [2.45, 2.75) is 46.1 Å². The number of hydrogen-bond acceptors (Lipinski definition) is 4. The van der Waals surface area contributed by atoms with E-state index in [4.69, 9.17) is 4.74 Å². The highest BCUT2D eigenvalue weighted by Gasteiger charge is 2.50. The van der Waals surface area contributed by atoms with Crippen LogP contribution in [0.1, 0.15) is 49.5 Å². The van der Waals surface area contributed by atoms with E-state index in [1.54, 1.807) is 0 Å². The van der Waals surface area contributed by atoms with E-state index in [1.165, 1.54) is 24.0 Å². The van der Waals surface area contributed by atoms with Gasteiger partial charge in [-0.3, -0.25) is 9.69 Å². The number of aliphatic hydroxyl groups excluding tert-OH is 1. The number of piperazine rings is 1. The van der Waals surface area contributed by atoms with Gasteiger partial charge in [-0.2, -0.15) is 0 Å². The van der Waals surface area contributed by atoms with Gasteiger partial charge in [0, 0.05) is 38.3 Å². The molecule has 31 heavy (non-hydrogen) atoms. The number of rotatable bonds is 8. The number of β-amino-alcohol motifs (C(OH)–C–C–N with tert-alkyl or cyclic N) is 1. The van der Waals surface area contributed by atoms with Gasteiger partial charge in [-0.1, -0.05) is 39.0 Å². The molecule has 2 bridgehead atoms. The molecule has 4 aliphatic rings. The molecule has 5 heteroatoms. The fourth-order valence-electron chi connectivity index (χ4n) is 5.50. The molecular formula is C26H38N2O3. The minimum absolute atomic E-state index is 0.105. The molecule has 5 nitrogen and oxygen atoms in total. The number of nitrogens with zero attached hydrogens (tertiary/aromatic N) is 2. The molecule has 3 atom stereocenters. The number of allylic oxidation sites excluding steroid dienone is 1. The molecular weight excluding hydrogens is 388 g/mol. The van der Waals surface area contributed by atoms with Gasteiger partial charge in [0.25, 0.3) is 5.91 Å². The molecule has 2 fully saturated rings. The maximum atomic E-state index is 12.7. The normalized spacial score (nSPS) is 26.2. The summed E-state index contributed by atoms with van der Waals surface area (Å²) >= 11 is 0. The van der Waals surface area contributed by atoms with Crippen molar-refractivity contribution in [2.75, 3.05) is 45.9 Å². The molecule has 1 saturated heterocycles. The molecule has 1 saturated carbocycles. The molecule has 1 aromatic rings. The first-order valence-corrected chi connectivity index (χ1v) is 11.9. The fraction of sp³-hybridized carbons (Fsp3) is 0.654. The van der Waals surface area contributed by atoms with Crippen molar-refractivity contribution in [1.29, 1.82) is 0 Å². The van der Waals surface area contributed by atoms with E-state index >= 15 is 0 Å². The van der Waals surface area contributed by atoms with Gasteiger partial charge in [0.2, 0.25) is 0 Å². The molecule has 0 radical (unpaired) electrons. The third-order valence-electron chi connectivity index (χ3n) is 7.90. The highest BCUT2D eigenvalue weighted by molar-refractivity contribution is 5.94. The van der Waals surface area contributed by atoms with Crippen molar-refractivity contribution in [2.24, 2.45) is 17.3 Å². The third kappa shape index (κ3) is 4.89. The SMILES string of the molecule is CCc1ccc(C(=O)N2CCN(CC(O)COCC3=CCC4CC3C4(C)C)CC2)cc1. The molecule has 5 rings (SSSR count). The number of hydrogen-bond donors (Lipinski definition) is 1. The molecule has 0 aromatic heterocycles. The van der Waals surface area contributed by atoms with Gasteiger partial charge in [-0.05, 0) is 59.8 Å². The molecule has 1 heterocycles. The predicted octanol–water partition coefficient (Wildman–Crippen LogP) is 3.38. The highest BCUT2D eigenvalue weighted by Crippen LogP contribution is 2.59. The van der Waals surface area contributed by atoms with Crippen LogP contribution in [0.2, 0.25) is 0 Å². The zero-order valence-electron chi connectivity index (χ0n) is 19.3. The zero-order chi connectivity index (χ0) is 22.0. The average Bonchev–Trinajstić information content (AvgIpc) is 2.79. The van der Waals surface area contributed by atoms with Crippen molar-refractivity contribution >= 4 is 5.91 Å². The highest BCUT2D eigenvalue weighted by atomic mass is 16.5. The predicted molar refractivity (Wildman–Crippen MR) is 123 cm³/mol. The lowest BCUT2D eigenvalue weighted by Crippen LogP contribution is -2.51. The topological polar surface area (TPSA) is 53.0 Å². The Hall–Kier alpha value is -1.69. The number of amides is 1. The Kier molecular flexibility index (Phi) is 6.85. The summed E-state index contributed by atoms with van der Waals surface area (Å²) in [5, 5.41) is 10.4. The lowest BCUT2D eigenvalue weighted by molar-refractivity contribution is -0.0272. The number of ether oxygens (including phenoxy) is 1. The number of carbonyl (C=O) groups excluding carboxylic acids is 1. The van der Waals surface area contributed by atoms with E-state index in [2.05, 4.69) is 31.7 Å². The first kappa shape index (κ1) is 22.5. The zero-order valence-corrected chi connectivity index (χ0v) is 19.3. The monoisotopic (exact) mass is 426 g/mol. The number of benzene rings is 1. The van der Waals surface area contributed by atoms with Crippen LogP contribution in [0, 0.1) is 17.3 Å². The second kappa shape index (κ2) is 9.43. The minimum Gasteiger partial charge on any atom is -0.389 e. The first-order valence-electron chi connectivity index (χ1n) is 11.9. The molecule has 1 aliphatic heterocycles. The fourth-order valence-corrected chi connectivity index (χ4v) is 5.50. The maximum absolute atomic E-state index is 12.7. The summed E-state index contributed by atoms with van der Waals surface area (Å²) in [4.78, 5) is 16.9. The quantitative estimate of drug-likeness (QED) is 0.648. The summed E-state index contributed by atoms with van der Waals surface area (Å²) in [5.41, 5.74) is 3.86. The second-order valence-electron chi connectivity index (χ2n) is 10.1. The Morgan fingerprint density at radius 2 is 1.90 bits per heavy atom. The van der Waals surface area contributed by atoms with Crippen LogP contribution >= 0.6 is 0 Å². The van der Waals surface area contributed by atoms with Gasteiger partial charge in [-0.15, -0.1) is 0 Å². The van der Waals surface area contributed by atoms with Gasteiger partial charge >= 0.3 is 0 Å². The smallest absolute Gasteiger partial charge is 0.253 e. The molecule has 170 valence electrons. The van der Waals surface area contributed by atoms with Gasteiger partial charge in [0.15, 0.2) is 0 Å². The largest absolute Gasteiger partial charge is 0.389 e. The summed E-state index contributed by atoms with van der Waals surface area (Å²) in [6, 6.07) is 7.93. The lowest BCUT2D eigenvalue weighted by atomic mass is 9.49. The first-order chi connectivity index (χ1) is 14.9.